The van der Waals surface area contributed by atoms with Crippen molar-refractivity contribution in [3.63, 3.8) is 0 Å². The lowest BCUT2D eigenvalue weighted by atomic mass is 10.0. The standard InChI is InChI=1S/C20H16F5N7O/c1-10-28-29-19(33-10)31-8-6-14(20(24,25)9-31)26-18-27-17-12(3-2-7-32(17)30-18)11-4-5-13(21)16(23)15(11)22/h2-5,7,14H,6,8-9H2,1H3,(H,26,30). The molecule has 172 valence electrons. The molecular formula is C20H16F5N7O. The van der Waals surface area contributed by atoms with Crippen molar-refractivity contribution in [2.45, 2.75) is 25.3 Å². The first-order valence-electron chi connectivity index (χ1n) is 9.91. The van der Waals surface area contributed by atoms with Crippen molar-refractivity contribution in [2.75, 3.05) is 23.3 Å². The van der Waals surface area contributed by atoms with Crippen LogP contribution in [0.25, 0.3) is 16.8 Å². The Balaban J connectivity index is 1.41. The van der Waals surface area contributed by atoms with E-state index in [0.717, 1.165) is 12.1 Å². The molecule has 0 amide bonds. The van der Waals surface area contributed by atoms with Gasteiger partial charge in [0.25, 0.3) is 5.92 Å². The average Bonchev–Trinajstić information content (AvgIpc) is 3.39. The number of aromatic nitrogens is 5. The Morgan fingerprint density at radius 1 is 1.09 bits per heavy atom. The van der Waals surface area contributed by atoms with Crippen LogP contribution in [-0.2, 0) is 0 Å². The molecular weight excluding hydrogens is 449 g/mol. The van der Waals surface area contributed by atoms with Crippen molar-refractivity contribution in [3.05, 3.63) is 53.8 Å². The number of benzene rings is 1. The molecule has 1 unspecified atom stereocenters. The molecule has 33 heavy (non-hydrogen) atoms. The van der Waals surface area contributed by atoms with Gasteiger partial charge in [0.15, 0.2) is 23.1 Å². The number of pyridine rings is 1. The summed E-state index contributed by atoms with van der Waals surface area (Å²) >= 11 is 0. The molecule has 1 fully saturated rings. The number of rotatable bonds is 4. The van der Waals surface area contributed by atoms with Crippen molar-refractivity contribution in [1.29, 1.82) is 0 Å². The van der Waals surface area contributed by atoms with E-state index >= 15 is 0 Å². The highest BCUT2D eigenvalue weighted by atomic mass is 19.3. The van der Waals surface area contributed by atoms with Crippen LogP contribution in [0, 0.1) is 24.4 Å². The summed E-state index contributed by atoms with van der Waals surface area (Å²) in [7, 11) is 0. The van der Waals surface area contributed by atoms with E-state index in [1.165, 1.54) is 27.7 Å². The minimum atomic E-state index is -3.19. The molecule has 0 saturated carbocycles. The Labute approximate surface area is 183 Å². The maximum absolute atomic E-state index is 14.8. The lowest BCUT2D eigenvalue weighted by Crippen LogP contribution is -2.55. The first-order valence-corrected chi connectivity index (χ1v) is 9.91. The molecule has 1 N–H and O–H groups in total. The molecule has 5 rings (SSSR count). The molecule has 0 spiro atoms. The van der Waals surface area contributed by atoms with Gasteiger partial charge < -0.3 is 14.6 Å². The molecule has 1 aromatic carbocycles. The Hall–Kier alpha value is -3.77. The number of hydrogen-bond acceptors (Lipinski definition) is 7. The number of anilines is 2. The Kier molecular flexibility index (Phi) is 4.91. The fraction of sp³-hybridized carbons (Fsp3) is 0.300. The number of fused-ring (bicyclic) bond motifs is 1. The first-order chi connectivity index (χ1) is 15.7. The number of hydrogen-bond donors (Lipinski definition) is 1. The zero-order valence-electron chi connectivity index (χ0n) is 17.1. The highest BCUT2D eigenvalue weighted by Crippen LogP contribution is 2.33. The second-order valence-corrected chi connectivity index (χ2v) is 7.62. The minimum absolute atomic E-state index is 0.0225. The normalized spacial score (nSPS) is 18.1. The molecule has 1 saturated heterocycles. The summed E-state index contributed by atoms with van der Waals surface area (Å²) in [5, 5.41) is 14.2. The number of alkyl halides is 2. The molecule has 1 aliphatic rings. The summed E-state index contributed by atoms with van der Waals surface area (Å²) < 4.78 is 77.5. The van der Waals surface area contributed by atoms with E-state index in [9.17, 15) is 22.0 Å². The SMILES string of the molecule is Cc1nnc(N2CCC(Nc3nc4c(-c5ccc(F)c(F)c5F)cccn4n3)C(F)(F)C2)o1. The monoisotopic (exact) mass is 465 g/mol. The summed E-state index contributed by atoms with van der Waals surface area (Å²) in [5.74, 6) is -7.34. The van der Waals surface area contributed by atoms with Crippen LogP contribution in [0.3, 0.4) is 0 Å². The molecule has 4 aromatic rings. The highest BCUT2D eigenvalue weighted by molar-refractivity contribution is 5.78. The fourth-order valence-corrected chi connectivity index (χ4v) is 3.76. The van der Waals surface area contributed by atoms with E-state index < -0.39 is 36.0 Å². The molecule has 4 heterocycles. The maximum Gasteiger partial charge on any atom is 0.318 e. The minimum Gasteiger partial charge on any atom is -0.408 e. The van der Waals surface area contributed by atoms with Crippen LogP contribution in [0.4, 0.5) is 33.9 Å². The second kappa shape index (κ2) is 7.67. The smallest absolute Gasteiger partial charge is 0.318 e. The van der Waals surface area contributed by atoms with Crippen LogP contribution in [0.2, 0.25) is 0 Å². The second-order valence-electron chi connectivity index (χ2n) is 7.62. The lowest BCUT2D eigenvalue weighted by molar-refractivity contribution is -0.0245. The quantitative estimate of drug-likeness (QED) is 0.362. The van der Waals surface area contributed by atoms with Gasteiger partial charge in [-0.2, -0.15) is 4.98 Å². The highest BCUT2D eigenvalue weighted by Gasteiger charge is 2.46. The van der Waals surface area contributed by atoms with Crippen LogP contribution in [0.5, 0.6) is 0 Å². The number of nitrogens with one attached hydrogen (secondary N) is 1. The van der Waals surface area contributed by atoms with Gasteiger partial charge in [-0.15, -0.1) is 10.2 Å². The van der Waals surface area contributed by atoms with Crippen molar-refractivity contribution in [2.24, 2.45) is 0 Å². The van der Waals surface area contributed by atoms with Crippen molar-refractivity contribution >= 4 is 17.6 Å². The largest absolute Gasteiger partial charge is 0.408 e. The fourth-order valence-electron chi connectivity index (χ4n) is 3.76. The van der Waals surface area contributed by atoms with Crippen LogP contribution in [0.15, 0.2) is 34.9 Å². The summed E-state index contributed by atoms with van der Waals surface area (Å²) in [5.41, 5.74) is -0.0123. The van der Waals surface area contributed by atoms with Gasteiger partial charge in [0.1, 0.15) is 0 Å². The molecule has 0 bridgehead atoms. The van der Waals surface area contributed by atoms with Gasteiger partial charge >= 0.3 is 6.01 Å². The van der Waals surface area contributed by atoms with Crippen LogP contribution < -0.4 is 10.2 Å². The third-order valence-electron chi connectivity index (χ3n) is 5.38. The summed E-state index contributed by atoms with van der Waals surface area (Å²) in [6.45, 7) is 1.15. The van der Waals surface area contributed by atoms with E-state index in [1.807, 2.05) is 0 Å². The molecule has 1 aliphatic heterocycles. The first kappa shape index (κ1) is 21.1. The predicted molar refractivity (Wildman–Crippen MR) is 107 cm³/mol. The number of aryl methyl sites for hydroxylation is 1. The van der Waals surface area contributed by atoms with E-state index in [-0.39, 0.29) is 47.6 Å². The van der Waals surface area contributed by atoms with Crippen LogP contribution in [0.1, 0.15) is 12.3 Å². The summed E-state index contributed by atoms with van der Waals surface area (Å²) in [4.78, 5) is 5.50. The van der Waals surface area contributed by atoms with Gasteiger partial charge in [-0.05, 0) is 30.7 Å². The molecule has 1 atom stereocenters. The van der Waals surface area contributed by atoms with Crippen molar-refractivity contribution in [1.82, 2.24) is 24.8 Å². The van der Waals surface area contributed by atoms with Crippen molar-refractivity contribution < 1.29 is 26.4 Å². The Bertz CT molecular complexity index is 1340. The van der Waals surface area contributed by atoms with E-state index in [0.29, 0.717) is 0 Å². The van der Waals surface area contributed by atoms with Gasteiger partial charge in [0.05, 0.1) is 12.6 Å². The van der Waals surface area contributed by atoms with Crippen molar-refractivity contribution in [3.8, 4) is 11.1 Å². The molecule has 3 aromatic heterocycles. The zero-order chi connectivity index (χ0) is 23.3. The van der Waals surface area contributed by atoms with E-state index in [1.54, 1.807) is 6.92 Å². The third kappa shape index (κ3) is 3.72. The van der Waals surface area contributed by atoms with Crippen LogP contribution >= 0.6 is 0 Å². The van der Waals surface area contributed by atoms with Gasteiger partial charge in [-0.3, -0.25) is 0 Å². The van der Waals surface area contributed by atoms with E-state index in [2.05, 4.69) is 25.6 Å². The van der Waals surface area contributed by atoms with Gasteiger partial charge in [0, 0.05) is 30.8 Å². The van der Waals surface area contributed by atoms with E-state index in [4.69, 9.17) is 4.42 Å². The molecule has 0 aliphatic carbocycles. The number of halogens is 5. The Morgan fingerprint density at radius 2 is 1.91 bits per heavy atom. The third-order valence-corrected chi connectivity index (χ3v) is 5.38. The molecule has 13 heteroatoms. The Morgan fingerprint density at radius 3 is 2.64 bits per heavy atom. The molecule has 0 radical (unpaired) electrons. The average molecular weight is 465 g/mol. The van der Waals surface area contributed by atoms with Crippen LogP contribution in [-0.4, -0.2) is 49.8 Å². The summed E-state index contributed by atoms with van der Waals surface area (Å²) in [6, 6.07) is 3.55. The lowest BCUT2D eigenvalue weighted by Gasteiger charge is -2.37. The number of nitrogens with zero attached hydrogens (tertiary/aromatic N) is 6. The molecule has 8 nitrogen and oxygen atoms in total. The summed E-state index contributed by atoms with van der Waals surface area (Å²) in [6.07, 6.45) is 1.50. The zero-order valence-corrected chi connectivity index (χ0v) is 17.1. The topological polar surface area (TPSA) is 84.4 Å². The maximum atomic E-state index is 14.8. The van der Waals surface area contributed by atoms with Gasteiger partial charge in [0.2, 0.25) is 11.8 Å². The number of piperidine rings is 1. The predicted octanol–water partition coefficient (Wildman–Crippen LogP) is 3.83. The van der Waals surface area contributed by atoms with Gasteiger partial charge in [-0.1, -0.05) is 5.10 Å². The van der Waals surface area contributed by atoms with Gasteiger partial charge in [-0.25, -0.2) is 26.5 Å².